The van der Waals surface area contributed by atoms with E-state index in [4.69, 9.17) is 5.73 Å². The summed E-state index contributed by atoms with van der Waals surface area (Å²) in [6.45, 7) is 10.3. The molecular formula is C12H26N2. The first-order valence-electron chi connectivity index (χ1n) is 6.09. The summed E-state index contributed by atoms with van der Waals surface area (Å²) in [6.07, 6.45) is 4.03. The van der Waals surface area contributed by atoms with Crippen LogP contribution in [0, 0.1) is 11.8 Å². The number of likely N-dealkylation sites (tertiary alicyclic amines) is 1. The Kier molecular flexibility index (Phi) is 4.90. The van der Waals surface area contributed by atoms with Gasteiger partial charge < -0.3 is 5.73 Å². The summed E-state index contributed by atoms with van der Waals surface area (Å²) in [5.41, 5.74) is 5.85. The molecule has 14 heavy (non-hydrogen) atoms. The van der Waals surface area contributed by atoms with Crippen molar-refractivity contribution in [2.75, 3.05) is 19.6 Å². The Morgan fingerprint density at radius 3 is 2.71 bits per heavy atom. The zero-order chi connectivity index (χ0) is 10.6. The molecule has 1 rings (SSSR count). The van der Waals surface area contributed by atoms with Crippen LogP contribution in [0.5, 0.6) is 0 Å². The Bertz CT molecular complexity index is 156. The standard InChI is InChI=1S/C12H26N2/c1-10(2)6-8-14-7-4-5-11(3)12(14)9-13/h10-12H,4-9,13H2,1-3H3. The van der Waals surface area contributed by atoms with Crippen LogP contribution < -0.4 is 5.73 Å². The molecule has 0 aliphatic carbocycles. The van der Waals surface area contributed by atoms with Crippen LogP contribution in [-0.4, -0.2) is 30.6 Å². The molecule has 2 N–H and O–H groups in total. The summed E-state index contributed by atoms with van der Waals surface area (Å²) in [4.78, 5) is 2.61. The van der Waals surface area contributed by atoms with Crippen molar-refractivity contribution >= 4 is 0 Å². The van der Waals surface area contributed by atoms with E-state index < -0.39 is 0 Å². The Labute approximate surface area is 88.8 Å². The van der Waals surface area contributed by atoms with Gasteiger partial charge in [0.2, 0.25) is 0 Å². The number of nitrogens with two attached hydrogens (primary N) is 1. The summed E-state index contributed by atoms with van der Waals surface area (Å²) < 4.78 is 0. The van der Waals surface area contributed by atoms with Crippen molar-refractivity contribution in [1.82, 2.24) is 4.90 Å². The lowest BCUT2D eigenvalue weighted by Gasteiger charge is -2.39. The van der Waals surface area contributed by atoms with E-state index in [0.29, 0.717) is 6.04 Å². The predicted octanol–water partition coefficient (Wildman–Crippen LogP) is 2.09. The van der Waals surface area contributed by atoms with Crippen LogP contribution in [0.2, 0.25) is 0 Å². The molecular weight excluding hydrogens is 172 g/mol. The van der Waals surface area contributed by atoms with Crippen molar-refractivity contribution in [1.29, 1.82) is 0 Å². The summed E-state index contributed by atoms with van der Waals surface area (Å²) in [5.74, 6) is 1.60. The average molecular weight is 198 g/mol. The molecule has 1 fully saturated rings. The summed E-state index contributed by atoms with van der Waals surface area (Å²) >= 11 is 0. The second-order valence-corrected chi connectivity index (χ2v) is 5.14. The number of hydrogen-bond donors (Lipinski definition) is 1. The molecule has 0 aromatic carbocycles. The average Bonchev–Trinajstić information content (AvgIpc) is 2.14. The van der Waals surface area contributed by atoms with Gasteiger partial charge in [0.1, 0.15) is 0 Å². The van der Waals surface area contributed by atoms with Gasteiger partial charge in [0.15, 0.2) is 0 Å². The monoisotopic (exact) mass is 198 g/mol. The van der Waals surface area contributed by atoms with Gasteiger partial charge in [-0.2, -0.15) is 0 Å². The lowest BCUT2D eigenvalue weighted by molar-refractivity contribution is 0.101. The maximum Gasteiger partial charge on any atom is 0.0243 e. The van der Waals surface area contributed by atoms with Gasteiger partial charge in [-0.15, -0.1) is 0 Å². The van der Waals surface area contributed by atoms with Crippen molar-refractivity contribution in [2.24, 2.45) is 17.6 Å². The number of hydrogen-bond acceptors (Lipinski definition) is 2. The second-order valence-electron chi connectivity index (χ2n) is 5.14. The van der Waals surface area contributed by atoms with E-state index in [-0.39, 0.29) is 0 Å². The summed E-state index contributed by atoms with van der Waals surface area (Å²) in [7, 11) is 0. The Hall–Kier alpha value is -0.0800. The largest absolute Gasteiger partial charge is 0.329 e. The molecule has 2 atom stereocenters. The predicted molar refractivity (Wildman–Crippen MR) is 62.3 cm³/mol. The highest BCUT2D eigenvalue weighted by atomic mass is 15.2. The molecule has 2 nitrogen and oxygen atoms in total. The molecule has 0 saturated carbocycles. The van der Waals surface area contributed by atoms with E-state index >= 15 is 0 Å². The Balaban J connectivity index is 2.39. The van der Waals surface area contributed by atoms with Crippen molar-refractivity contribution in [3.8, 4) is 0 Å². The lowest BCUT2D eigenvalue weighted by atomic mass is 9.90. The molecule has 0 aromatic heterocycles. The fourth-order valence-electron chi connectivity index (χ4n) is 2.42. The van der Waals surface area contributed by atoms with Gasteiger partial charge in [0.05, 0.1) is 0 Å². The molecule has 1 heterocycles. The highest BCUT2D eigenvalue weighted by Gasteiger charge is 2.26. The van der Waals surface area contributed by atoms with Crippen molar-refractivity contribution in [2.45, 2.75) is 46.1 Å². The summed E-state index contributed by atoms with van der Waals surface area (Å²) in [6, 6.07) is 0.641. The van der Waals surface area contributed by atoms with Gasteiger partial charge in [-0.3, -0.25) is 4.90 Å². The van der Waals surface area contributed by atoms with Gasteiger partial charge >= 0.3 is 0 Å². The molecule has 0 aromatic rings. The Morgan fingerprint density at radius 2 is 2.14 bits per heavy atom. The topological polar surface area (TPSA) is 29.3 Å². The highest BCUT2D eigenvalue weighted by Crippen LogP contribution is 2.23. The van der Waals surface area contributed by atoms with E-state index in [1.54, 1.807) is 0 Å². The quantitative estimate of drug-likeness (QED) is 0.749. The number of piperidine rings is 1. The van der Waals surface area contributed by atoms with Crippen LogP contribution in [0.1, 0.15) is 40.0 Å². The molecule has 2 heteroatoms. The van der Waals surface area contributed by atoms with Crippen LogP contribution >= 0.6 is 0 Å². The number of nitrogens with zero attached hydrogens (tertiary/aromatic N) is 1. The van der Waals surface area contributed by atoms with Gasteiger partial charge in [0, 0.05) is 12.6 Å². The third-order valence-corrected chi connectivity index (χ3v) is 3.47. The van der Waals surface area contributed by atoms with Gasteiger partial charge in [-0.05, 0) is 44.2 Å². The molecule has 1 saturated heterocycles. The maximum absolute atomic E-state index is 5.85. The SMILES string of the molecule is CC(C)CCN1CCCC(C)C1CN. The van der Waals surface area contributed by atoms with Gasteiger partial charge in [-0.1, -0.05) is 20.8 Å². The van der Waals surface area contributed by atoms with Crippen molar-refractivity contribution in [3.63, 3.8) is 0 Å². The minimum atomic E-state index is 0.641. The van der Waals surface area contributed by atoms with Crippen LogP contribution in [-0.2, 0) is 0 Å². The Morgan fingerprint density at radius 1 is 1.43 bits per heavy atom. The van der Waals surface area contributed by atoms with E-state index in [9.17, 15) is 0 Å². The molecule has 0 amide bonds. The molecule has 0 radical (unpaired) electrons. The minimum absolute atomic E-state index is 0.641. The smallest absolute Gasteiger partial charge is 0.0243 e. The third kappa shape index (κ3) is 3.25. The minimum Gasteiger partial charge on any atom is -0.329 e. The maximum atomic E-state index is 5.85. The van der Waals surface area contributed by atoms with Crippen LogP contribution in [0.3, 0.4) is 0 Å². The summed E-state index contributed by atoms with van der Waals surface area (Å²) in [5, 5.41) is 0. The number of rotatable bonds is 4. The first kappa shape index (κ1) is 12.0. The molecule has 1 aliphatic heterocycles. The van der Waals surface area contributed by atoms with Crippen molar-refractivity contribution in [3.05, 3.63) is 0 Å². The highest BCUT2D eigenvalue weighted by molar-refractivity contribution is 4.82. The molecule has 1 aliphatic rings. The lowest BCUT2D eigenvalue weighted by Crippen LogP contribution is -2.49. The first-order chi connectivity index (χ1) is 6.65. The van der Waals surface area contributed by atoms with Gasteiger partial charge in [0.25, 0.3) is 0 Å². The van der Waals surface area contributed by atoms with E-state index in [1.165, 1.54) is 32.4 Å². The fraction of sp³-hybridized carbons (Fsp3) is 1.00. The fourth-order valence-corrected chi connectivity index (χ4v) is 2.42. The van der Waals surface area contributed by atoms with E-state index in [1.807, 2.05) is 0 Å². The van der Waals surface area contributed by atoms with Gasteiger partial charge in [-0.25, -0.2) is 0 Å². The van der Waals surface area contributed by atoms with E-state index in [2.05, 4.69) is 25.7 Å². The molecule has 0 bridgehead atoms. The second kappa shape index (κ2) is 5.72. The van der Waals surface area contributed by atoms with Crippen LogP contribution in [0.15, 0.2) is 0 Å². The van der Waals surface area contributed by atoms with E-state index in [0.717, 1.165) is 18.4 Å². The van der Waals surface area contributed by atoms with Crippen molar-refractivity contribution < 1.29 is 0 Å². The molecule has 84 valence electrons. The van der Waals surface area contributed by atoms with Crippen LogP contribution in [0.4, 0.5) is 0 Å². The zero-order valence-electron chi connectivity index (χ0n) is 10.00. The zero-order valence-corrected chi connectivity index (χ0v) is 10.00. The molecule has 0 spiro atoms. The molecule has 2 unspecified atom stereocenters. The third-order valence-electron chi connectivity index (χ3n) is 3.47. The van der Waals surface area contributed by atoms with Crippen LogP contribution in [0.25, 0.3) is 0 Å². The normalized spacial score (nSPS) is 29.8. The first-order valence-corrected chi connectivity index (χ1v) is 6.09.